The Morgan fingerprint density at radius 2 is 2.35 bits per heavy atom. The van der Waals surface area contributed by atoms with Crippen molar-refractivity contribution in [1.29, 1.82) is 0 Å². The minimum absolute atomic E-state index is 0.0284. The Hall–Kier alpha value is -1.07. The fourth-order valence-electron chi connectivity index (χ4n) is 2.69. The second-order valence-electron chi connectivity index (χ2n) is 5.24. The lowest BCUT2D eigenvalue weighted by atomic mass is 9.96. The van der Waals surface area contributed by atoms with Gasteiger partial charge in [0, 0.05) is 29.8 Å². The van der Waals surface area contributed by atoms with Crippen LogP contribution in [0.2, 0.25) is 0 Å². The van der Waals surface area contributed by atoms with Gasteiger partial charge in [-0.3, -0.25) is 4.79 Å². The van der Waals surface area contributed by atoms with E-state index in [1.165, 1.54) is 11.3 Å². The summed E-state index contributed by atoms with van der Waals surface area (Å²) in [6.07, 6.45) is 1.93. The quantitative estimate of drug-likeness (QED) is 0.864. The van der Waals surface area contributed by atoms with E-state index in [2.05, 4.69) is 51.3 Å². The molecule has 1 amide bonds. The van der Waals surface area contributed by atoms with Crippen LogP contribution in [-0.4, -0.2) is 25.5 Å². The van der Waals surface area contributed by atoms with Gasteiger partial charge in [0.25, 0.3) is 0 Å². The summed E-state index contributed by atoms with van der Waals surface area (Å²) >= 11 is 3.53. The van der Waals surface area contributed by atoms with Crippen LogP contribution in [0.4, 0.5) is 5.69 Å². The van der Waals surface area contributed by atoms with E-state index in [-0.39, 0.29) is 11.8 Å². The average molecular weight is 340 g/mol. The van der Waals surface area contributed by atoms with E-state index in [9.17, 15) is 4.79 Å². The molecular weight excluding hydrogens is 318 g/mol. The number of piperidine rings is 1. The molecule has 1 aromatic carbocycles. The number of benzene rings is 1. The van der Waals surface area contributed by atoms with E-state index < -0.39 is 0 Å². The van der Waals surface area contributed by atoms with Gasteiger partial charge in [0.05, 0.1) is 5.92 Å². The second kappa shape index (κ2) is 7.09. The molecule has 1 aromatic rings. The molecule has 0 aliphatic carbocycles. The molecule has 1 aliphatic rings. The predicted molar refractivity (Wildman–Crippen MR) is 85.7 cm³/mol. The molecule has 1 unspecified atom stereocenters. The number of primary amides is 1. The molecule has 2 rings (SSSR count). The van der Waals surface area contributed by atoms with E-state index in [1.807, 2.05) is 0 Å². The summed E-state index contributed by atoms with van der Waals surface area (Å²) in [6, 6.07) is 6.32. The molecule has 0 spiro atoms. The van der Waals surface area contributed by atoms with Gasteiger partial charge in [0.2, 0.25) is 5.91 Å². The van der Waals surface area contributed by atoms with Crippen LogP contribution in [0, 0.1) is 5.92 Å². The van der Waals surface area contributed by atoms with Crippen LogP contribution >= 0.6 is 15.9 Å². The number of nitrogens with zero attached hydrogens (tertiary/aromatic N) is 1. The summed E-state index contributed by atoms with van der Waals surface area (Å²) in [5.41, 5.74) is 7.93. The molecule has 5 heteroatoms. The Morgan fingerprint density at radius 1 is 1.55 bits per heavy atom. The molecule has 1 saturated heterocycles. The summed E-state index contributed by atoms with van der Waals surface area (Å²) in [5.74, 6) is -0.209. The number of halogens is 1. The number of hydrogen-bond donors (Lipinski definition) is 2. The summed E-state index contributed by atoms with van der Waals surface area (Å²) in [7, 11) is 0. The van der Waals surface area contributed by atoms with Crippen molar-refractivity contribution in [3.05, 3.63) is 28.2 Å². The zero-order valence-corrected chi connectivity index (χ0v) is 13.4. The maximum atomic E-state index is 11.4. The first-order valence-corrected chi connectivity index (χ1v) is 7.94. The van der Waals surface area contributed by atoms with Crippen molar-refractivity contribution < 1.29 is 4.79 Å². The van der Waals surface area contributed by atoms with Gasteiger partial charge in [-0.1, -0.05) is 22.9 Å². The van der Waals surface area contributed by atoms with Crippen LogP contribution in [0.15, 0.2) is 22.7 Å². The Kier molecular flexibility index (Phi) is 5.43. The third-order valence-electron chi connectivity index (χ3n) is 3.77. The lowest BCUT2D eigenvalue weighted by molar-refractivity contribution is -0.122. The maximum Gasteiger partial charge on any atom is 0.222 e. The monoisotopic (exact) mass is 339 g/mol. The molecule has 0 radical (unpaired) electrons. The number of anilines is 1. The van der Waals surface area contributed by atoms with E-state index in [1.54, 1.807) is 0 Å². The van der Waals surface area contributed by atoms with Crippen LogP contribution in [0.5, 0.6) is 0 Å². The number of nitrogens with one attached hydrogen (secondary N) is 1. The molecule has 1 atom stereocenters. The average Bonchev–Trinajstić information content (AvgIpc) is 2.45. The van der Waals surface area contributed by atoms with Crippen molar-refractivity contribution in [3.8, 4) is 0 Å². The molecule has 1 fully saturated rings. The van der Waals surface area contributed by atoms with Gasteiger partial charge in [0.15, 0.2) is 0 Å². The third kappa shape index (κ3) is 3.73. The summed E-state index contributed by atoms with van der Waals surface area (Å²) in [4.78, 5) is 13.7. The Morgan fingerprint density at radius 3 is 3.05 bits per heavy atom. The van der Waals surface area contributed by atoms with Crippen molar-refractivity contribution in [2.45, 2.75) is 26.3 Å². The topological polar surface area (TPSA) is 58.4 Å². The largest absolute Gasteiger partial charge is 0.370 e. The Balaban J connectivity index is 2.20. The van der Waals surface area contributed by atoms with Crippen LogP contribution in [0.25, 0.3) is 0 Å². The third-order valence-corrected chi connectivity index (χ3v) is 4.26. The molecule has 1 heterocycles. The van der Waals surface area contributed by atoms with Gasteiger partial charge in [-0.25, -0.2) is 0 Å². The van der Waals surface area contributed by atoms with Gasteiger partial charge >= 0.3 is 0 Å². The van der Waals surface area contributed by atoms with Gasteiger partial charge in [-0.2, -0.15) is 0 Å². The molecule has 0 saturated carbocycles. The van der Waals surface area contributed by atoms with Crippen molar-refractivity contribution in [3.63, 3.8) is 0 Å². The van der Waals surface area contributed by atoms with E-state index >= 15 is 0 Å². The van der Waals surface area contributed by atoms with Crippen molar-refractivity contribution in [2.24, 2.45) is 11.7 Å². The fraction of sp³-hybridized carbons (Fsp3) is 0.533. The fourth-order valence-corrected chi connectivity index (χ4v) is 3.10. The number of carbonyl (C=O) groups excluding carboxylic acids is 1. The Labute approximate surface area is 128 Å². The van der Waals surface area contributed by atoms with Gasteiger partial charge in [-0.05, 0) is 43.1 Å². The standard InChI is InChI=1S/C15H22BrN3O/c1-2-18-9-12-8-13(16)5-6-14(12)19-7-3-4-11(10-19)15(17)20/h5-6,8,11,18H,2-4,7,9-10H2,1H3,(H2,17,20). The molecule has 0 aromatic heterocycles. The van der Waals surface area contributed by atoms with E-state index in [0.29, 0.717) is 0 Å². The smallest absolute Gasteiger partial charge is 0.222 e. The summed E-state index contributed by atoms with van der Waals surface area (Å²) in [6.45, 7) is 5.60. The molecule has 3 N–H and O–H groups in total. The molecule has 1 aliphatic heterocycles. The van der Waals surface area contributed by atoms with E-state index in [0.717, 1.165) is 43.5 Å². The first-order valence-electron chi connectivity index (χ1n) is 7.15. The second-order valence-corrected chi connectivity index (χ2v) is 6.16. The van der Waals surface area contributed by atoms with Crippen molar-refractivity contribution in [2.75, 3.05) is 24.5 Å². The normalized spacial score (nSPS) is 19.1. The highest BCUT2D eigenvalue weighted by atomic mass is 79.9. The SMILES string of the molecule is CCNCc1cc(Br)ccc1N1CCCC(C(N)=O)C1. The predicted octanol–water partition coefficient (Wildman–Crippen LogP) is 2.26. The molecule has 4 nitrogen and oxygen atoms in total. The Bertz CT molecular complexity index is 478. The lowest BCUT2D eigenvalue weighted by Crippen LogP contribution is -2.41. The van der Waals surface area contributed by atoms with Crippen LogP contribution in [-0.2, 0) is 11.3 Å². The first kappa shape index (κ1) is 15.3. The molecular formula is C15H22BrN3O. The van der Waals surface area contributed by atoms with Crippen LogP contribution in [0.3, 0.4) is 0 Å². The first-order chi connectivity index (χ1) is 9.61. The van der Waals surface area contributed by atoms with Crippen LogP contribution < -0.4 is 16.0 Å². The van der Waals surface area contributed by atoms with Gasteiger partial charge in [0.1, 0.15) is 0 Å². The number of amides is 1. The van der Waals surface area contributed by atoms with E-state index in [4.69, 9.17) is 5.73 Å². The van der Waals surface area contributed by atoms with Gasteiger partial charge < -0.3 is 16.0 Å². The number of hydrogen-bond acceptors (Lipinski definition) is 3. The van der Waals surface area contributed by atoms with Crippen molar-refractivity contribution in [1.82, 2.24) is 5.32 Å². The lowest BCUT2D eigenvalue weighted by Gasteiger charge is -2.34. The number of nitrogens with two attached hydrogens (primary N) is 1. The zero-order chi connectivity index (χ0) is 14.5. The van der Waals surface area contributed by atoms with Gasteiger partial charge in [-0.15, -0.1) is 0 Å². The highest BCUT2D eigenvalue weighted by Gasteiger charge is 2.25. The molecule has 110 valence electrons. The summed E-state index contributed by atoms with van der Waals surface area (Å²) < 4.78 is 1.08. The minimum atomic E-state index is -0.181. The molecule has 20 heavy (non-hydrogen) atoms. The maximum absolute atomic E-state index is 11.4. The highest BCUT2D eigenvalue weighted by molar-refractivity contribution is 9.10. The summed E-state index contributed by atoms with van der Waals surface area (Å²) in [5, 5.41) is 3.37. The highest BCUT2D eigenvalue weighted by Crippen LogP contribution is 2.28. The van der Waals surface area contributed by atoms with Crippen LogP contribution in [0.1, 0.15) is 25.3 Å². The number of rotatable bonds is 5. The zero-order valence-electron chi connectivity index (χ0n) is 11.9. The van der Waals surface area contributed by atoms with Crippen molar-refractivity contribution >= 4 is 27.5 Å². The number of carbonyl (C=O) groups is 1. The molecule has 0 bridgehead atoms. The minimum Gasteiger partial charge on any atom is -0.370 e.